The van der Waals surface area contributed by atoms with Crippen LogP contribution in [0.25, 0.3) is 0 Å². The summed E-state index contributed by atoms with van der Waals surface area (Å²) in [6.07, 6.45) is 11.8. The van der Waals surface area contributed by atoms with Gasteiger partial charge in [-0.15, -0.1) is 0 Å². The Hall–Kier alpha value is -0.0800. The maximum atomic E-state index is 3.89. The summed E-state index contributed by atoms with van der Waals surface area (Å²) in [5.41, 5.74) is 1.94. The van der Waals surface area contributed by atoms with Crippen molar-refractivity contribution in [3.05, 3.63) is 0 Å². The molecule has 120 valence electrons. The Balaban J connectivity index is 1.37. The average molecular weight is 290 g/mol. The summed E-state index contributed by atoms with van der Waals surface area (Å²) >= 11 is 0. The minimum atomic E-state index is 0.622. The van der Waals surface area contributed by atoms with Crippen LogP contribution >= 0.6 is 0 Å². The van der Waals surface area contributed by atoms with Crippen LogP contribution in [-0.4, -0.2) is 25.2 Å². The summed E-state index contributed by atoms with van der Waals surface area (Å²) < 4.78 is 0. The standard InChI is InChI=1S/C19H34N2/c1-14(9-20-16-4-5-16)21-13-19-8-15-6-17(2,11-19)10-18(3,7-15)12-19/h14-16,20-21H,4-13H2,1-3H3. The van der Waals surface area contributed by atoms with Crippen molar-refractivity contribution >= 4 is 0 Å². The average Bonchev–Trinajstić information content (AvgIpc) is 3.13. The molecule has 0 spiro atoms. The first-order valence-electron chi connectivity index (χ1n) is 9.35. The van der Waals surface area contributed by atoms with E-state index in [9.17, 15) is 0 Å². The van der Waals surface area contributed by atoms with E-state index >= 15 is 0 Å². The lowest BCUT2D eigenvalue weighted by Gasteiger charge is -2.65. The lowest BCUT2D eigenvalue weighted by atomic mass is 9.40. The Bertz CT molecular complexity index is 396. The van der Waals surface area contributed by atoms with E-state index in [-0.39, 0.29) is 0 Å². The maximum Gasteiger partial charge on any atom is 0.0164 e. The van der Waals surface area contributed by atoms with E-state index in [0.717, 1.165) is 18.5 Å². The molecule has 3 atom stereocenters. The molecule has 0 aliphatic heterocycles. The van der Waals surface area contributed by atoms with Crippen LogP contribution in [0.3, 0.4) is 0 Å². The third-order valence-corrected chi connectivity index (χ3v) is 6.86. The summed E-state index contributed by atoms with van der Waals surface area (Å²) in [5, 5.41) is 7.56. The van der Waals surface area contributed by atoms with E-state index in [1.54, 1.807) is 0 Å². The summed E-state index contributed by atoms with van der Waals surface area (Å²) in [6, 6.07) is 1.46. The predicted octanol–water partition coefficient (Wildman–Crippen LogP) is 3.71. The molecule has 5 rings (SSSR count). The molecule has 5 saturated carbocycles. The fourth-order valence-corrected chi connectivity index (χ4v) is 6.98. The molecule has 0 aromatic heterocycles. The second kappa shape index (κ2) is 4.71. The molecule has 5 aliphatic carbocycles. The molecular formula is C19H34N2. The minimum absolute atomic E-state index is 0.622. The third kappa shape index (κ3) is 2.91. The number of nitrogens with one attached hydrogen (secondary N) is 2. The molecule has 0 heterocycles. The molecule has 0 saturated heterocycles. The fourth-order valence-electron chi connectivity index (χ4n) is 6.98. The molecule has 21 heavy (non-hydrogen) atoms. The van der Waals surface area contributed by atoms with E-state index in [2.05, 4.69) is 31.4 Å². The normalized spacial score (nSPS) is 49.6. The van der Waals surface area contributed by atoms with Crippen LogP contribution in [0.2, 0.25) is 0 Å². The van der Waals surface area contributed by atoms with Crippen LogP contribution in [0.4, 0.5) is 0 Å². The largest absolute Gasteiger partial charge is 0.312 e. The minimum Gasteiger partial charge on any atom is -0.312 e. The smallest absolute Gasteiger partial charge is 0.0164 e. The molecule has 5 aliphatic rings. The first kappa shape index (κ1) is 14.5. The van der Waals surface area contributed by atoms with E-state index in [1.807, 2.05) is 0 Å². The number of hydrogen-bond donors (Lipinski definition) is 2. The summed E-state index contributed by atoms with van der Waals surface area (Å²) in [7, 11) is 0. The number of hydrogen-bond acceptors (Lipinski definition) is 2. The van der Waals surface area contributed by atoms with Gasteiger partial charge in [0.25, 0.3) is 0 Å². The third-order valence-electron chi connectivity index (χ3n) is 6.86. The van der Waals surface area contributed by atoms with Crippen LogP contribution in [0.1, 0.15) is 72.1 Å². The van der Waals surface area contributed by atoms with Gasteiger partial charge in [0.15, 0.2) is 0 Å². The Labute approximate surface area is 130 Å². The second-order valence-corrected chi connectivity index (χ2v) is 10.1. The Morgan fingerprint density at radius 1 is 1.00 bits per heavy atom. The van der Waals surface area contributed by atoms with Crippen molar-refractivity contribution in [1.29, 1.82) is 0 Å². The van der Waals surface area contributed by atoms with Gasteiger partial charge in [-0.25, -0.2) is 0 Å². The topological polar surface area (TPSA) is 24.1 Å². The lowest BCUT2D eigenvalue weighted by Crippen LogP contribution is -2.58. The van der Waals surface area contributed by atoms with Crippen molar-refractivity contribution in [2.45, 2.75) is 84.2 Å². The molecule has 0 radical (unpaired) electrons. The Morgan fingerprint density at radius 2 is 1.67 bits per heavy atom. The highest BCUT2D eigenvalue weighted by molar-refractivity contribution is 5.11. The summed E-state index contributed by atoms with van der Waals surface area (Å²) in [4.78, 5) is 0. The first-order chi connectivity index (χ1) is 9.88. The van der Waals surface area contributed by atoms with Gasteiger partial charge in [0, 0.05) is 25.2 Å². The van der Waals surface area contributed by atoms with Gasteiger partial charge in [0.1, 0.15) is 0 Å². The highest BCUT2D eigenvalue weighted by Gasteiger charge is 2.59. The van der Waals surface area contributed by atoms with Gasteiger partial charge in [-0.05, 0) is 80.5 Å². The summed E-state index contributed by atoms with van der Waals surface area (Å²) in [6.45, 7) is 9.95. The van der Waals surface area contributed by atoms with Gasteiger partial charge in [0.2, 0.25) is 0 Å². The van der Waals surface area contributed by atoms with Gasteiger partial charge < -0.3 is 10.6 Å². The SMILES string of the molecule is CC(CNC1CC1)NCC12CC3CC(C)(CC(C)(C3)C1)C2. The zero-order chi connectivity index (χ0) is 14.7. The zero-order valence-corrected chi connectivity index (χ0v) is 14.3. The molecule has 0 aromatic carbocycles. The van der Waals surface area contributed by atoms with Crippen molar-refractivity contribution < 1.29 is 0 Å². The van der Waals surface area contributed by atoms with Gasteiger partial charge in [-0.2, -0.15) is 0 Å². The zero-order valence-electron chi connectivity index (χ0n) is 14.3. The van der Waals surface area contributed by atoms with Crippen molar-refractivity contribution in [2.24, 2.45) is 22.2 Å². The van der Waals surface area contributed by atoms with Crippen molar-refractivity contribution in [1.82, 2.24) is 10.6 Å². The molecule has 0 amide bonds. The van der Waals surface area contributed by atoms with Gasteiger partial charge >= 0.3 is 0 Å². The van der Waals surface area contributed by atoms with Crippen LogP contribution in [0.15, 0.2) is 0 Å². The quantitative estimate of drug-likeness (QED) is 0.779. The molecule has 2 nitrogen and oxygen atoms in total. The monoisotopic (exact) mass is 290 g/mol. The lowest BCUT2D eigenvalue weighted by molar-refractivity contribution is -0.143. The molecular weight excluding hydrogens is 256 g/mol. The molecule has 2 heteroatoms. The second-order valence-electron chi connectivity index (χ2n) is 10.1. The van der Waals surface area contributed by atoms with Crippen molar-refractivity contribution in [2.75, 3.05) is 13.1 Å². The maximum absolute atomic E-state index is 3.89. The van der Waals surface area contributed by atoms with Crippen LogP contribution < -0.4 is 10.6 Å². The van der Waals surface area contributed by atoms with Crippen LogP contribution in [0, 0.1) is 22.2 Å². The predicted molar refractivity (Wildman–Crippen MR) is 88.3 cm³/mol. The highest BCUT2D eigenvalue weighted by Crippen LogP contribution is 2.69. The Morgan fingerprint density at radius 3 is 2.24 bits per heavy atom. The molecule has 2 N–H and O–H groups in total. The van der Waals surface area contributed by atoms with E-state index in [4.69, 9.17) is 0 Å². The van der Waals surface area contributed by atoms with Gasteiger partial charge in [0.05, 0.1) is 0 Å². The van der Waals surface area contributed by atoms with Crippen molar-refractivity contribution in [3.8, 4) is 0 Å². The van der Waals surface area contributed by atoms with Gasteiger partial charge in [-0.1, -0.05) is 13.8 Å². The van der Waals surface area contributed by atoms with Crippen molar-refractivity contribution in [3.63, 3.8) is 0 Å². The van der Waals surface area contributed by atoms with Gasteiger partial charge in [-0.3, -0.25) is 0 Å². The fraction of sp³-hybridized carbons (Fsp3) is 1.00. The molecule has 5 fully saturated rings. The van der Waals surface area contributed by atoms with E-state index in [1.165, 1.54) is 57.9 Å². The molecule has 0 aromatic rings. The molecule has 4 bridgehead atoms. The Kier molecular flexibility index (Phi) is 3.25. The number of rotatable bonds is 6. The van der Waals surface area contributed by atoms with E-state index < -0.39 is 0 Å². The van der Waals surface area contributed by atoms with Crippen LogP contribution in [-0.2, 0) is 0 Å². The summed E-state index contributed by atoms with van der Waals surface area (Å²) in [5.74, 6) is 1.03. The molecule has 3 unspecified atom stereocenters. The van der Waals surface area contributed by atoms with E-state index in [0.29, 0.717) is 22.3 Å². The first-order valence-corrected chi connectivity index (χ1v) is 9.35. The highest BCUT2D eigenvalue weighted by atomic mass is 15.0. The van der Waals surface area contributed by atoms with Crippen LogP contribution in [0.5, 0.6) is 0 Å².